The van der Waals surface area contributed by atoms with Crippen LogP contribution in [0.15, 0.2) is 188 Å². The number of halogens is 3. The first-order chi connectivity index (χ1) is 32.6. The highest BCUT2D eigenvalue weighted by Gasteiger charge is 2.31. The van der Waals surface area contributed by atoms with Crippen LogP contribution >= 0.6 is 0 Å². The highest BCUT2D eigenvalue weighted by atomic mass is 19.4. The number of benzene rings is 9. The van der Waals surface area contributed by atoms with Gasteiger partial charge in [0, 0.05) is 32.7 Å². The van der Waals surface area contributed by atoms with E-state index in [9.17, 15) is 23.7 Å². The van der Waals surface area contributed by atoms with Gasteiger partial charge < -0.3 is 9.13 Å². The molecule has 5 nitrogen and oxygen atoms in total. The number of para-hydroxylation sites is 2. The Morgan fingerprint density at radius 2 is 0.910 bits per heavy atom. The number of hydrogen-bond donors (Lipinski definition) is 0. The smallest absolute Gasteiger partial charge is 0.309 e. The van der Waals surface area contributed by atoms with Crippen LogP contribution in [0, 0.1) is 36.2 Å². The fourth-order valence-corrected chi connectivity index (χ4v) is 9.58. The molecule has 0 unspecified atom stereocenters. The number of aryl methyl sites for hydroxylation is 1. The molecule has 0 aliphatic carbocycles. The lowest BCUT2D eigenvalue weighted by Crippen LogP contribution is -2.05. The number of nitriles is 2. The SMILES string of the molecule is [C-]#[N+]c1ccc(-c2ccc3c(c2)c2ccccc2n3-c2cc(-c3ccc(C(F)(F)F)cc3C)ccc2-c2ccc(C#N)cc2-n2c3ccccc3c3cc(-c4ccc(C#N)cc4)ccc32)cc1. The second-order valence-electron chi connectivity index (χ2n) is 16.6. The van der Waals surface area contributed by atoms with Gasteiger partial charge in [0.15, 0.2) is 5.69 Å². The average molecular weight is 870 g/mol. The lowest BCUT2D eigenvalue weighted by molar-refractivity contribution is -0.137. The van der Waals surface area contributed by atoms with Crippen molar-refractivity contribution in [2.45, 2.75) is 13.1 Å². The number of hydrogen-bond acceptors (Lipinski definition) is 2. The first-order valence-corrected chi connectivity index (χ1v) is 21.5. The maximum Gasteiger partial charge on any atom is 0.416 e. The van der Waals surface area contributed by atoms with E-state index in [1.165, 1.54) is 6.07 Å². The zero-order chi connectivity index (χ0) is 46.0. The normalized spacial score (nSPS) is 11.5. The molecular weight excluding hydrogens is 836 g/mol. The summed E-state index contributed by atoms with van der Waals surface area (Å²) in [6.07, 6.45) is -4.48. The fraction of sp³-hybridized carbons (Fsp3) is 0.0339. The van der Waals surface area contributed by atoms with Crippen LogP contribution < -0.4 is 0 Å². The maximum atomic E-state index is 13.9. The minimum absolute atomic E-state index is 0.478. The van der Waals surface area contributed by atoms with Crippen molar-refractivity contribution in [1.82, 2.24) is 9.13 Å². The van der Waals surface area contributed by atoms with Crippen LogP contribution in [0.2, 0.25) is 0 Å². The van der Waals surface area contributed by atoms with Crippen LogP contribution in [-0.2, 0) is 6.18 Å². The average Bonchev–Trinajstić information content (AvgIpc) is 3.88. The summed E-state index contributed by atoms with van der Waals surface area (Å²) in [5.74, 6) is 0. The number of rotatable bonds is 6. The van der Waals surface area contributed by atoms with Gasteiger partial charge in [-0.1, -0.05) is 109 Å². The summed E-state index contributed by atoms with van der Waals surface area (Å²) in [5.41, 5.74) is 13.8. The standard InChI is InChI=1S/C59H34F3N5/c1-36-29-44(59(60,61)62)21-26-46(36)43-18-25-50(58(33-43)67-54-10-6-4-8-48(54)52-32-42(20-28-56(52)67)40-16-22-45(65-2)23-17-40)49-24-13-38(35-64)30-57(49)66-53-9-5-3-7-47(53)51-31-41(19-27-55(51)66)39-14-11-37(34-63)12-15-39/h3-33H,1H3. The van der Waals surface area contributed by atoms with Crippen LogP contribution in [0.1, 0.15) is 22.3 Å². The molecule has 9 aromatic carbocycles. The third-order valence-corrected chi connectivity index (χ3v) is 12.8. The largest absolute Gasteiger partial charge is 0.416 e. The molecule has 0 bridgehead atoms. The molecule has 8 heteroatoms. The topological polar surface area (TPSA) is 61.8 Å². The lowest BCUT2D eigenvalue weighted by Gasteiger charge is -2.20. The zero-order valence-electron chi connectivity index (χ0n) is 35.8. The zero-order valence-corrected chi connectivity index (χ0v) is 35.8. The van der Waals surface area contributed by atoms with Crippen LogP contribution in [0.25, 0.3) is 104 Å². The van der Waals surface area contributed by atoms with Crippen molar-refractivity contribution in [3.05, 3.63) is 222 Å². The van der Waals surface area contributed by atoms with Gasteiger partial charge in [0.05, 0.1) is 68.8 Å². The minimum atomic E-state index is -4.48. The van der Waals surface area contributed by atoms with Crippen molar-refractivity contribution in [3.63, 3.8) is 0 Å². The van der Waals surface area contributed by atoms with Crippen LogP contribution in [0.4, 0.5) is 18.9 Å². The van der Waals surface area contributed by atoms with E-state index in [0.717, 1.165) is 100.0 Å². The van der Waals surface area contributed by atoms with E-state index < -0.39 is 11.7 Å². The van der Waals surface area contributed by atoms with Crippen LogP contribution in [-0.4, -0.2) is 9.13 Å². The molecule has 0 N–H and O–H groups in total. The summed E-state index contributed by atoms with van der Waals surface area (Å²) >= 11 is 0. The predicted octanol–water partition coefficient (Wildman–Crippen LogP) is 16.2. The van der Waals surface area contributed by atoms with E-state index in [2.05, 4.69) is 92.8 Å². The van der Waals surface area contributed by atoms with E-state index >= 15 is 0 Å². The third kappa shape index (κ3) is 6.86. The van der Waals surface area contributed by atoms with Gasteiger partial charge in [-0.15, -0.1) is 0 Å². The highest BCUT2D eigenvalue weighted by Crippen LogP contribution is 2.44. The molecule has 316 valence electrons. The summed E-state index contributed by atoms with van der Waals surface area (Å²) in [6.45, 7) is 9.15. The quantitative estimate of drug-likeness (QED) is 0.156. The molecule has 67 heavy (non-hydrogen) atoms. The molecule has 0 saturated heterocycles. The molecule has 11 rings (SSSR count). The number of nitrogens with zero attached hydrogens (tertiary/aromatic N) is 5. The minimum Gasteiger partial charge on any atom is -0.309 e. The van der Waals surface area contributed by atoms with Gasteiger partial charge in [0.25, 0.3) is 0 Å². The number of aromatic nitrogens is 2. The molecule has 0 fully saturated rings. The first kappa shape index (κ1) is 40.6. The van der Waals surface area contributed by atoms with E-state index in [4.69, 9.17) is 6.57 Å². The van der Waals surface area contributed by atoms with E-state index in [1.807, 2.05) is 103 Å². The Balaban J connectivity index is 1.19. The Hall–Kier alpha value is -9.16. The van der Waals surface area contributed by atoms with Crippen molar-refractivity contribution in [1.29, 1.82) is 10.5 Å². The fourth-order valence-electron chi connectivity index (χ4n) is 9.58. The second-order valence-corrected chi connectivity index (χ2v) is 16.6. The van der Waals surface area contributed by atoms with Crippen LogP contribution in [0.3, 0.4) is 0 Å². The summed E-state index contributed by atoms with van der Waals surface area (Å²) in [5, 5.41) is 23.9. The van der Waals surface area contributed by atoms with Gasteiger partial charge in [-0.3, -0.25) is 0 Å². The molecule has 0 aliphatic heterocycles. The molecule has 0 spiro atoms. The molecule has 0 saturated carbocycles. The summed E-state index contributed by atoms with van der Waals surface area (Å²) in [4.78, 5) is 3.57. The van der Waals surface area contributed by atoms with Crippen LogP contribution in [0.5, 0.6) is 0 Å². The van der Waals surface area contributed by atoms with Crippen molar-refractivity contribution < 1.29 is 13.2 Å². The molecule has 2 heterocycles. The lowest BCUT2D eigenvalue weighted by atomic mass is 9.93. The van der Waals surface area contributed by atoms with E-state index in [-0.39, 0.29) is 0 Å². The van der Waals surface area contributed by atoms with Crippen molar-refractivity contribution >= 4 is 49.3 Å². The second kappa shape index (κ2) is 15.8. The van der Waals surface area contributed by atoms with Crippen molar-refractivity contribution in [2.24, 2.45) is 0 Å². The molecule has 0 radical (unpaired) electrons. The molecule has 0 amide bonds. The Morgan fingerprint density at radius 3 is 1.45 bits per heavy atom. The molecule has 11 aromatic rings. The molecule has 0 aliphatic rings. The summed E-state index contributed by atoms with van der Waals surface area (Å²) in [6, 6.07) is 64.4. The third-order valence-electron chi connectivity index (χ3n) is 12.8. The number of fused-ring (bicyclic) bond motifs is 6. The Kier molecular flexibility index (Phi) is 9.59. The van der Waals surface area contributed by atoms with Gasteiger partial charge in [0.1, 0.15) is 0 Å². The van der Waals surface area contributed by atoms with Gasteiger partial charge in [0.2, 0.25) is 0 Å². The van der Waals surface area contributed by atoms with Gasteiger partial charge in [-0.2, -0.15) is 23.7 Å². The molecule has 0 atom stereocenters. The van der Waals surface area contributed by atoms with E-state index in [0.29, 0.717) is 27.9 Å². The van der Waals surface area contributed by atoms with Gasteiger partial charge in [-0.05, 0) is 125 Å². The molecule has 2 aromatic heterocycles. The highest BCUT2D eigenvalue weighted by molar-refractivity contribution is 6.13. The Bertz CT molecular complexity index is 3950. The summed E-state index contributed by atoms with van der Waals surface area (Å²) < 4.78 is 46.3. The van der Waals surface area contributed by atoms with Gasteiger partial charge >= 0.3 is 6.18 Å². The maximum absolute atomic E-state index is 13.9. The number of alkyl halides is 3. The first-order valence-electron chi connectivity index (χ1n) is 21.5. The predicted molar refractivity (Wildman–Crippen MR) is 262 cm³/mol. The monoisotopic (exact) mass is 869 g/mol. The molecular formula is C59H34F3N5. The Morgan fingerprint density at radius 1 is 0.448 bits per heavy atom. The summed E-state index contributed by atoms with van der Waals surface area (Å²) in [7, 11) is 0. The Labute approximate surface area is 383 Å². The van der Waals surface area contributed by atoms with Gasteiger partial charge in [-0.25, -0.2) is 4.85 Å². The van der Waals surface area contributed by atoms with E-state index in [1.54, 1.807) is 13.0 Å². The van der Waals surface area contributed by atoms with Crippen molar-refractivity contribution in [2.75, 3.05) is 0 Å². The van der Waals surface area contributed by atoms with Crippen molar-refractivity contribution in [3.8, 4) is 68.0 Å².